The van der Waals surface area contributed by atoms with E-state index in [-0.39, 0.29) is 0 Å². The zero-order valence-corrected chi connectivity index (χ0v) is 15.5. The number of hydrogen-bond donors (Lipinski definition) is 0. The molecule has 0 spiro atoms. The molecule has 0 radical (unpaired) electrons. The molecule has 0 aromatic heterocycles. The molecule has 0 saturated heterocycles. The third-order valence-electron chi connectivity index (χ3n) is 4.55. The molecule has 1 nitrogen and oxygen atoms in total. The number of rotatable bonds is 6. The normalized spacial score (nSPS) is 13.4. The number of aryl methyl sites for hydroxylation is 2. The molecule has 1 heteroatoms. The number of carbonyl (C=O) groups excluding carboxylic acids is 1. The molecule has 0 aromatic rings. The molecule has 2 aliphatic rings. The quantitative estimate of drug-likeness (QED) is 0.449. The van der Waals surface area contributed by atoms with Crippen molar-refractivity contribution in [1.29, 1.82) is 0 Å². The van der Waals surface area contributed by atoms with Gasteiger partial charge in [-0.2, -0.15) is 0 Å². The largest absolute Gasteiger partial charge is 0.303 e. The van der Waals surface area contributed by atoms with Crippen molar-refractivity contribution >= 4 is 12.4 Å². The van der Waals surface area contributed by atoms with Crippen LogP contribution in [0.25, 0.3) is 17.2 Å². The third kappa shape index (κ3) is 4.23. The highest BCUT2D eigenvalue weighted by Crippen LogP contribution is 2.36. The molecule has 24 heavy (non-hydrogen) atoms. The van der Waals surface area contributed by atoms with Crippen LogP contribution in [0.1, 0.15) is 55.4 Å². The van der Waals surface area contributed by atoms with Crippen LogP contribution in [0.15, 0.2) is 42.5 Å². The van der Waals surface area contributed by atoms with Gasteiger partial charge in [0, 0.05) is 6.42 Å². The van der Waals surface area contributed by atoms with E-state index < -0.39 is 0 Å². The Morgan fingerprint density at radius 2 is 1.75 bits per heavy atom. The first kappa shape index (κ1) is 18.2. The number of aldehydes is 1. The van der Waals surface area contributed by atoms with Crippen LogP contribution in [-0.4, -0.2) is 6.29 Å². The maximum atomic E-state index is 10.5. The molecule has 126 valence electrons. The topological polar surface area (TPSA) is 17.1 Å². The summed E-state index contributed by atoms with van der Waals surface area (Å²) in [5, 5.41) is 0. The number of allylic oxidation sites excluding steroid dienone is 3. The zero-order valence-electron chi connectivity index (χ0n) is 15.5. The summed E-state index contributed by atoms with van der Waals surface area (Å²) in [5.41, 5.74) is 7.95. The molecule has 1 atom stereocenters. The van der Waals surface area contributed by atoms with Crippen LogP contribution in [0.2, 0.25) is 0 Å². The van der Waals surface area contributed by atoms with Gasteiger partial charge in [-0.1, -0.05) is 69.3 Å². The van der Waals surface area contributed by atoms with Gasteiger partial charge in [0.15, 0.2) is 0 Å². The Bertz CT molecular complexity index is 734. The molecule has 0 saturated carbocycles. The first-order chi connectivity index (χ1) is 11.4. The Hall–Kier alpha value is -2.15. The lowest BCUT2D eigenvalue weighted by Gasteiger charge is -2.04. The van der Waals surface area contributed by atoms with Crippen molar-refractivity contribution < 1.29 is 4.79 Å². The highest BCUT2D eigenvalue weighted by atomic mass is 16.1. The highest BCUT2D eigenvalue weighted by Gasteiger charge is 2.14. The molecule has 0 aliphatic heterocycles. The van der Waals surface area contributed by atoms with E-state index in [1.807, 2.05) is 6.08 Å². The molecule has 2 aliphatic carbocycles. The Morgan fingerprint density at radius 1 is 1.00 bits per heavy atom. The summed E-state index contributed by atoms with van der Waals surface area (Å²) in [7, 11) is 0. The summed E-state index contributed by atoms with van der Waals surface area (Å²) >= 11 is 0. The van der Waals surface area contributed by atoms with Gasteiger partial charge in [-0.3, -0.25) is 0 Å². The molecule has 0 aromatic carbocycles. The molecular formula is C23H28O. The number of carbonyl (C=O) groups is 1. The summed E-state index contributed by atoms with van der Waals surface area (Å²) in [6, 6.07) is 9.08. The Balaban J connectivity index is 2.36. The summed E-state index contributed by atoms with van der Waals surface area (Å²) in [5.74, 6) is 0.814. The Kier molecular flexibility index (Phi) is 6.14. The van der Waals surface area contributed by atoms with Crippen LogP contribution < -0.4 is 0 Å². The van der Waals surface area contributed by atoms with Gasteiger partial charge in [0.2, 0.25) is 0 Å². The molecule has 0 bridgehead atoms. The fourth-order valence-corrected chi connectivity index (χ4v) is 3.02. The first-order valence-corrected chi connectivity index (χ1v) is 8.76. The molecule has 0 fully saturated rings. The minimum atomic E-state index is 0.290. The van der Waals surface area contributed by atoms with Crippen LogP contribution in [0, 0.1) is 19.8 Å². The van der Waals surface area contributed by atoms with Gasteiger partial charge in [-0.15, -0.1) is 0 Å². The Labute approximate surface area is 146 Å². The molecule has 0 heterocycles. The molecule has 0 N–H and O–H groups in total. The second-order valence-corrected chi connectivity index (χ2v) is 7.01. The van der Waals surface area contributed by atoms with Crippen molar-refractivity contribution in [2.45, 2.75) is 47.0 Å². The van der Waals surface area contributed by atoms with E-state index in [0.29, 0.717) is 18.3 Å². The molecule has 2 rings (SSSR count). The maximum Gasteiger partial charge on any atom is 0.120 e. The third-order valence-corrected chi connectivity index (χ3v) is 4.55. The van der Waals surface area contributed by atoms with Crippen molar-refractivity contribution in [2.24, 2.45) is 5.92 Å². The second-order valence-electron chi connectivity index (χ2n) is 7.01. The number of hydrogen-bond acceptors (Lipinski definition) is 1. The first-order valence-electron chi connectivity index (χ1n) is 8.76. The van der Waals surface area contributed by atoms with E-state index in [1.165, 1.54) is 33.4 Å². The second kappa shape index (κ2) is 8.10. The SMILES string of the molecule is Cc1cc(/C=C/C=C/C(C)CC=O)c2c(C)ccc(C(C)C)cc1-2. The zero-order chi connectivity index (χ0) is 17.7. The minimum absolute atomic E-state index is 0.290. The van der Waals surface area contributed by atoms with Gasteiger partial charge in [-0.05, 0) is 59.1 Å². The van der Waals surface area contributed by atoms with Crippen LogP contribution in [0.4, 0.5) is 0 Å². The highest BCUT2D eigenvalue weighted by molar-refractivity contribution is 5.84. The predicted octanol–water partition coefficient (Wildman–Crippen LogP) is 6.33. The smallest absolute Gasteiger partial charge is 0.120 e. The van der Waals surface area contributed by atoms with Gasteiger partial charge in [0.25, 0.3) is 0 Å². The van der Waals surface area contributed by atoms with Gasteiger partial charge in [-0.25, -0.2) is 0 Å². The molecule has 1 unspecified atom stereocenters. The van der Waals surface area contributed by atoms with Crippen LogP contribution in [0.3, 0.4) is 0 Å². The van der Waals surface area contributed by atoms with E-state index in [1.54, 1.807) is 0 Å². The average Bonchev–Trinajstić information content (AvgIpc) is 2.71. The monoisotopic (exact) mass is 320 g/mol. The van der Waals surface area contributed by atoms with Gasteiger partial charge in [0.1, 0.15) is 6.29 Å². The lowest BCUT2D eigenvalue weighted by Crippen LogP contribution is -1.88. The Morgan fingerprint density at radius 3 is 2.42 bits per heavy atom. The van der Waals surface area contributed by atoms with Crippen LogP contribution in [0.5, 0.6) is 0 Å². The van der Waals surface area contributed by atoms with E-state index in [2.05, 4.69) is 77.1 Å². The molecule has 0 amide bonds. The molecular weight excluding hydrogens is 292 g/mol. The number of fused-ring (bicyclic) bond motifs is 1. The minimum Gasteiger partial charge on any atom is -0.303 e. The van der Waals surface area contributed by atoms with Crippen LogP contribution in [-0.2, 0) is 4.79 Å². The van der Waals surface area contributed by atoms with Gasteiger partial charge in [0.05, 0.1) is 0 Å². The van der Waals surface area contributed by atoms with E-state index >= 15 is 0 Å². The van der Waals surface area contributed by atoms with E-state index in [9.17, 15) is 4.79 Å². The van der Waals surface area contributed by atoms with Gasteiger partial charge >= 0.3 is 0 Å². The van der Waals surface area contributed by atoms with Crippen molar-refractivity contribution in [3.8, 4) is 11.1 Å². The standard InChI is InChI=1S/C23H28O/c1-16(2)20-11-10-18(4)23-21(14-19(5)22(23)15-20)9-7-6-8-17(3)12-13-24/h6-11,13-17H,12H2,1-5H3/b8-6+,9-7+. The predicted molar refractivity (Wildman–Crippen MR) is 105 cm³/mol. The van der Waals surface area contributed by atoms with E-state index in [4.69, 9.17) is 0 Å². The van der Waals surface area contributed by atoms with Gasteiger partial charge < -0.3 is 4.79 Å². The average molecular weight is 320 g/mol. The van der Waals surface area contributed by atoms with Crippen molar-refractivity contribution in [3.63, 3.8) is 0 Å². The lowest BCUT2D eigenvalue weighted by molar-refractivity contribution is -0.108. The van der Waals surface area contributed by atoms with Crippen molar-refractivity contribution in [1.82, 2.24) is 0 Å². The summed E-state index contributed by atoms with van der Waals surface area (Å²) in [6.07, 6.45) is 9.91. The van der Waals surface area contributed by atoms with Crippen molar-refractivity contribution in [3.05, 3.63) is 64.7 Å². The summed E-state index contributed by atoms with van der Waals surface area (Å²) < 4.78 is 0. The van der Waals surface area contributed by atoms with Crippen molar-refractivity contribution in [2.75, 3.05) is 0 Å². The lowest BCUT2D eigenvalue weighted by atomic mass is 10.0. The summed E-state index contributed by atoms with van der Waals surface area (Å²) in [4.78, 5) is 10.5. The summed E-state index contributed by atoms with van der Waals surface area (Å²) in [6.45, 7) is 10.9. The fourth-order valence-electron chi connectivity index (χ4n) is 3.02. The fraction of sp³-hybridized carbons (Fsp3) is 0.348. The maximum absolute atomic E-state index is 10.5. The van der Waals surface area contributed by atoms with E-state index in [0.717, 1.165) is 6.29 Å². The van der Waals surface area contributed by atoms with Crippen LogP contribution >= 0.6 is 0 Å².